The van der Waals surface area contributed by atoms with E-state index in [4.69, 9.17) is 15.0 Å². The van der Waals surface area contributed by atoms with E-state index in [1.54, 1.807) is 0 Å². The lowest BCUT2D eigenvalue weighted by Crippen LogP contribution is -2.00. The Labute approximate surface area is 253 Å². The number of rotatable bonds is 5. The van der Waals surface area contributed by atoms with Gasteiger partial charge in [-0.25, -0.2) is 15.0 Å². The maximum absolute atomic E-state index is 5.04. The zero-order chi connectivity index (χ0) is 28.6. The third-order valence-electron chi connectivity index (χ3n) is 7.74. The van der Waals surface area contributed by atoms with Crippen LogP contribution in [-0.4, -0.2) is 15.0 Å². The molecule has 0 saturated carbocycles. The average Bonchev–Trinajstić information content (AvgIpc) is 3.49. The van der Waals surface area contributed by atoms with Gasteiger partial charge in [0.15, 0.2) is 17.5 Å². The first kappa shape index (κ1) is 25.3. The second-order valence-electron chi connectivity index (χ2n) is 10.4. The minimum absolute atomic E-state index is 0.666. The molecule has 0 fully saturated rings. The number of nitrogens with zero attached hydrogens (tertiary/aromatic N) is 3. The average molecular weight is 568 g/mol. The van der Waals surface area contributed by atoms with Crippen molar-refractivity contribution in [2.24, 2.45) is 0 Å². The van der Waals surface area contributed by atoms with E-state index in [9.17, 15) is 0 Å². The molecule has 0 amide bonds. The van der Waals surface area contributed by atoms with Gasteiger partial charge in [-0.05, 0) is 34.4 Å². The van der Waals surface area contributed by atoms with Gasteiger partial charge in [-0.2, -0.15) is 0 Å². The topological polar surface area (TPSA) is 38.7 Å². The summed E-state index contributed by atoms with van der Waals surface area (Å²) in [5, 5.41) is 2.38. The summed E-state index contributed by atoms with van der Waals surface area (Å²) in [4.78, 5) is 15.0. The van der Waals surface area contributed by atoms with E-state index in [0.717, 1.165) is 16.7 Å². The summed E-state index contributed by atoms with van der Waals surface area (Å²) in [5.74, 6) is 2.01. The Morgan fingerprint density at radius 2 is 0.884 bits per heavy atom. The fourth-order valence-electron chi connectivity index (χ4n) is 5.69. The van der Waals surface area contributed by atoms with Gasteiger partial charge >= 0.3 is 0 Å². The van der Waals surface area contributed by atoms with E-state index < -0.39 is 0 Å². The Kier molecular flexibility index (Phi) is 6.32. The standard InChI is InChI=1S/C39H25N3S/c1-4-13-26(14-5-1)29-19-10-20-30(25-29)31-21-11-22-32-35-33(23-12-24-34(35)43-36(31)32)39-41-37(27-15-6-2-7-16-27)40-38(42-39)28-17-8-3-9-18-28/h1-25H. The Hall–Kier alpha value is -5.45. The molecule has 0 spiro atoms. The molecule has 3 nitrogen and oxygen atoms in total. The summed E-state index contributed by atoms with van der Waals surface area (Å²) in [6, 6.07) is 52.7. The van der Waals surface area contributed by atoms with Crippen molar-refractivity contribution in [1.29, 1.82) is 0 Å². The Bertz CT molecular complexity index is 2170. The van der Waals surface area contributed by atoms with Gasteiger partial charge in [0.05, 0.1) is 0 Å². The van der Waals surface area contributed by atoms with Crippen molar-refractivity contribution < 1.29 is 0 Å². The summed E-state index contributed by atoms with van der Waals surface area (Å²) >= 11 is 1.82. The molecule has 0 radical (unpaired) electrons. The highest BCUT2D eigenvalue weighted by atomic mass is 32.1. The highest BCUT2D eigenvalue weighted by Gasteiger charge is 2.18. The Morgan fingerprint density at radius 3 is 1.56 bits per heavy atom. The summed E-state index contributed by atoms with van der Waals surface area (Å²) in [5.41, 5.74) is 7.80. The predicted octanol–water partition coefficient (Wildman–Crippen LogP) is 10.6. The zero-order valence-corrected chi connectivity index (χ0v) is 24.0. The minimum Gasteiger partial charge on any atom is -0.208 e. The molecule has 43 heavy (non-hydrogen) atoms. The lowest BCUT2D eigenvalue weighted by atomic mass is 9.97. The molecule has 0 atom stereocenters. The first-order valence-corrected chi connectivity index (χ1v) is 15.1. The molecular weight excluding hydrogens is 543 g/mol. The van der Waals surface area contributed by atoms with E-state index in [0.29, 0.717) is 17.5 Å². The summed E-state index contributed by atoms with van der Waals surface area (Å²) in [6.07, 6.45) is 0. The van der Waals surface area contributed by atoms with Gasteiger partial charge in [0.25, 0.3) is 0 Å². The maximum atomic E-state index is 5.04. The number of thiophene rings is 1. The van der Waals surface area contributed by atoms with Crippen molar-refractivity contribution in [2.75, 3.05) is 0 Å². The third kappa shape index (κ3) is 4.68. The molecule has 0 N–H and O–H groups in total. The largest absolute Gasteiger partial charge is 0.208 e. The molecule has 4 heteroatoms. The Morgan fingerprint density at radius 1 is 0.372 bits per heavy atom. The molecule has 8 rings (SSSR count). The predicted molar refractivity (Wildman–Crippen MR) is 180 cm³/mol. The van der Waals surface area contributed by atoms with E-state index in [1.807, 2.05) is 72.0 Å². The van der Waals surface area contributed by atoms with E-state index in [-0.39, 0.29) is 0 Å². The van der Waals surface area contributed by atoms with Crippen LogP contribution in [0.25, 0.3) is 76.6 Å². The van der Waals surface area contributed by atoms with Crippen molar-refractivity contribution in [1.82, 2.24) is 15.0 Å². The number of hydrogen-bond donors (Lipinski definition) is 0. The molecule has 0 aliphatic heterocycles. The third-order valence-corrected chi connectivity index (χ3v) is 8.95. The van der Waals surface area contributed by atoms with Crippen molar-refractivity contribution in [3.8, 4) is 56.4 Å². The van der Waals surface area contributed by atoms with Crippen LogP contribution in [0.4, 0.5) is 0 Å². The molecular formula is C39H25N3S. The summed E-state index contributed by atoms with van der Waals surface area (Å²) in [7, 11) is 0. The van der Waals surface area contributed by atoms with Crippen molar-refractivity contribution in [2.45, 2.75) is 0 Å². The summed E-state index contributed by atoms with van der Waals surface area (Å²) < 4.78 is 2.47. The van der Waals surface area contributed by atoms with Crippen LogP contribution in [-0.2, 0) is 0 Å². The minimum atomic E-state index is 0.666. The van der Waals surface area contributed by atoms with Crippen LogP contribution in [0.3, 0.4) is 0 Å². The van der Waals surface area contributed by atoms with Crippen LogP contribution in [0, 0.1) is 0 Å². The fraction of sp³-hybridized carbons (Fsp3) is 0. The highest BCUT2D eigenvalue weighted by molar-refractivity contribution is 7.26. The molecule has 2 aromatic heterocycles. The quantitative estimate of drug-likeness (QED) is 0.208. The van der Waals surface area contributed by atoms with Gasteiger partial charge < -0.3 is 0 Å². The SMILES string of the molecule is c1ccc(-c2cccc(-c3cccc4c3sc3cccc(-c5nc(-c6ccccc6)nc(-c6ccccc6)n5)c34)c2)cc1. The lowest BCUT2D eigenvalue weighted by Gasteiger charge is -2.10. The van der Waals surface area contributed by atoms with Crippen molar-refractivity contribution >= 4 is 31.5 Å². The van der Waals surface area contributed by atoms with E-state index in [2.05, 4.69) is 91.0 Å². The molecule has 2 heterocycles. The van der Waals surface area contributed by atoms with Crippen LogP contribution in [0.5, 0.6) is 0 Å². The van der Waals surface area contributed by atoms with Gasteiger partial charge in [-0.15, -0.1) is 11.3 Å². The van der Waals surface area contributed by atoms with Gasteiger partial charge in [0, 0.05) is 36.9 Å². The maximum Gasteiger partial charge on any atom is 0.164 e. The van der Waals surface area contributed by atoms with Crippen LogP contribution in [0.1, 0.15) is 0 Å². The number of fused-ring (bicyclic) bond motifs is 3. The van der Waals surface area contributed by atoms with E-state index >= 15 is 0 Å². The van der Waals surface area contributed by atoms with Gasteiger partial charge in [-0.1, -0.05) is 140 Å². The Balaban J connectivity index is 1.33. The monoisotopic (exact) mass is 567 g/mol. The van der Waals surface area contributed by atoms with Crippen LogP contribution in [0.2, 0.25) is 0 Å². The lowest BCUT2D eigenvalue weighted by molar-refractivity contribution is 1.08. The van der Waals surface area contributed by atoms with Crippen LogP contribution >= 0.6 is 11.3 Å². The molecule has 8 aromatic rings. The molecule has 0 aliphatic rings. The first-order valence-electron chi connectivity index (χ1n) is 14.3. The zero-order valence-electron chi connectivity index (χ0n) is 23.2. The van der Waals surface area contributed by atoms with Gasteiger partial charge in [-0.3, -0.25) is 0 Å². The molecule has 6 aromatic carbocycles. The smallest absolute Gasteiger partial charge is 0.164 e. The summed E-state index contributed by atoms with van der Waals surface area (Å²) in [6.45, 7) is 0. The van der Waals surface area contributed by atoms with Gasteiger partial charge in [0.2, 0.25) is 0 Å². The van der Waals surface area contributed by atoms with Crippen LogP contribution < -0.4 is 0 Å². The fourth-order valence-corrected chi connectivity index (χ4v) is 6.95. The number of aromatic nitrogens is 3. The molecule has 0 bridgehead atoms. The van der Waals surface area contributed by atoms with Crippen LogP contribution in [0.15, 0.2) is 152 Å². The number of hydrogen-bond acceptors (Lipinski definition) is 4. The second kappa shape index (κ2) is 10.8. The molecule has 202 valence electrons. The van der Waals surface area contributed by atoms with Gasteiger partial charge in [0.1, 0.15) is 0 Å². The molecule has 0 saturated heterocycles. The van der Waals surface area contributed by atoms with Crippen molar-refractivity contribution in [3.05, 3.63) is 152 Å². The highest BCUT2D eigenvalue weighted by Crippen LogP contribution is 2.44. The normalized spacial score (nSPS) is 11.3. The van der Waals surface area contributed by atoms with Crippen molar-refractivity contribution in [3.63, 3.8) is 0 Å². The second-order valence-corrected chi connectivity index (χ2v) is 11.5. The number of benzene rings is 6. The molecule has 0 unspecified atom stereocenters. The van der Waals surface area contributed by atoms with E-state index in [1.165, 1.54) is 42.4 Å². The molecule has 0 aliphatic carbocycles. The first-order chi connectivity index (χ1) is 21.3.